The summed E-state index contributed by atoms with van der Waals surface area (Å²) in [5, 5.41) is 7.70. The molecule has 1 aliphatic heterocycles. The number of carbonyl (C=O) groups excluding carboxylic acids is 1. The fourth-order valence-corrected chi connectivity index (χ4v) is 4.89. The first kappa shape index (κ1) is 23.7. The monoisotopic (exact) mass is 488 g/mol. The number of amides is 1. The molecule has 1 aliphatic rings. The maximum absolute atomic E-state index is 13.7. The van der Waals surface area contributed by atoms with Gasteiger partial charge in [-0.25, -0.2) is 4.39 Å². The van der Waals surface area contributed by atoms with Crippen molar-refractivity contribution >= 4 is 29.3 Å². The van der Waals surface area contributed by atoms with Gasteiger partial charge in [-0.2, -0.15) is 16.7 Å². The number of nitrogens with one attached hydrogen (secondary N) is 1. The third-order valence-electron chi connectivity index (χ3n) is 5.55. The van der Waals surface area contributed by atoms with Gasteiger partial charge in [0, 0.05) is 35.2 Å². The first-order valence-corrected chi connectivity index (χ1v) is 12.5. The van der Waals surface area contributed by atoms with Crippen LogP contribution < -0.4 is 5.32 Å². The highest BCUT2D eigenvalue weighted by Crippen LogP contribution is 2.22. The number of thioether (sulfide) groups is 1. The number of hydrogen-bond donors (Lipinski definition) is 1. The average molecular weight is 489 g/mol. The van der Waals surface area contributed by atoms with E-state index in [1.54, 1.807) is 36.0 Å². The molecule has 3 aromatic rings. The molecule has 4 rings (SSSR count). The van der Waals surface area contributed by atoms with E-state index in [1.807, 2.05) is 18.2 Å². The SMILES string of the molecule is O=C(NCCSCc1ccccc1F)C1CCCN(Cc2nc(-c3cccc(Cl)c3)no2)C1. The summed E-state index contributed by atoms with van der Waals surface area (Å²) in [6.45, 7) is 2.62. The molecule has 2 aromatic carbocycles. The molecule has 0 aliphatic carbocycles. The Morgan fingerprint density at radius 1 is 1.27 bits per heavy atom. The van der Waals surface area contributed by atoms with E-state index in [0.29, 0.717) is 47.7 Å². The van der Waals surface area contributed by atoms with Gasteiger partial charge < -0.3 is 9.84 Å². The predicted octanol–water partition coefficient (Wildman–Crippen LogP) is 4.79. The fourth-order valence-electron chi connectivity index (χ4n) is 3.86. The zero-order valence-electron chi connectivity index (χ0n) is 18.2. The van der Waals surface area contributed by atoms with Gasteiger partial charge in [-0.1, -0.05) is 47.1 Å². The number of benzene rings is 2. The molecule has 1 aromatic heterocycles. The fraction of sp³-hybridized carbons (Fsp3) is 0.375. The molecule has 0 saturated carbocycles. The Balaban J connectivity index is 1.20. The van der Waals surface area contributed by atoms with Crippen LogP contribution in [0.1, 0.15) is 24.3 Å². The average Bonchev–Trinajstić information content (AvgIpc) is 3.28. The molecule has 0 spiro atoms. The maximum Gasteiger partial charge on any atom is 0.241 e. The summed E-state index contributed by atoms with van der Waals surface area (Å²) >= 11 is 7.65. The van der Waals surface area contributed by atoms with E-state index in [-0.39, 0.29) is 17.6 Å². The lowest BCUT2D eigenvalue weighted by Crippen LogP contribution is -2.43. The van der Waals surface area contributed by atoms with Gasteiger partial charge in [0.2, 0.25) is 17.6 Å². The molecule has 6 nitrogen and oxygen atoms in total. The first-order valence-electron chi connectivity index (χ1n) is 11.0. The largest absolute Gasteiger partial charge is 0.355 e. The Bertz CT molecular complexity index is 1080. The lowest BCUT2D eigenvalue weighted by Gasteiger charge is -2.30. The second-order valence-corrected chi connectivity index (χ2v) is 9.57. The summed E-state index contributed by atoms with van der Waals surface area (Å²) in [6.07, 6.45) is 1.80. The third kappa shape index (κ3) is 6.79. The second-order valence-electron chi connectivity index (χ2n) is 8.03. The van der Waals surface area contributed by atoms with Crippen LogP contribution in [0.3, 0.4) is 0 Å². The molecule has 1 atom stereocenters. The molecule has 1 unspecified atom stereocenters. The molecular formula is C24H26ClFN4O2S. The van der Waals surface area contributed by atoms with Crippen LogP contribution in [0.4, 0.5) is 4.39 Å². The van der Waals surface area contributed by atoms with Crippen molar-refractivity contribution in [2.45, 2.75) is 25.1 Å². The molecule has 174 valence electrons. The van der Waals surface area contributed by atoms with Crippen LogP contribution in [0.25, 0.3) is 11.4 Å². The van der Waals surface area contributed by atoms with Crippen LogP contribution in [0, 0.1) is 11.7 Å². The highest BCUT2D eigenvalue weighted by molar-refractivity contribution is 7.98. The lowest BCUT2D eigenvalue weighted by atomic mass is 9.97. The molecule has 1 N–H and O–H groups in total. The maximum atomic E-state index is 13.7. The zero-order chi connectivity index (χ0) is 23.0. The molecule has 2 heterocycles. The van der Waals surface area contributed by atoms with Gasteiger partial charge >= 0.3 is 0 Å². The second kappa shape index (κ2) is 11.6. The lowest BCUT2D eigenvalue weighted by molar-refractivity contribution is -0.126. The number of piperidine rings is 1. The smallest absolute Gasteiger partial charge is 0.241 e. The number of halogens is 2. The molecule has 1 fully saturated rings. The molecule has 0 bridgehead atoms. The van der Waals surface area contributed by atoms with E-state index < -0.39 is 0 Å². The van der Waals surface area contributed by atoms with Crippen molar-refractivity contribution in [1.82, 2.24) is 20.4 Å². The number of aromatic nitrogens is 2. The number of hydrogen-bond acceptors (Lipinski definition) is 6. The van der Waals surface area contributed by atoms with Crippen molar-refractivity contribution in [3.8, 4) is 11.4 Å². The molecule has 1 saturated heterocycles. The van der Waals surface area contributed by atoms with E-state index in [4.69, 9.17) is 16.1 Å². The van der Waals surface area contributed by atoms with Gasteiger partial charge in [0.25, 0.3) is 0 Å². The molecule has 0 radical (unpaired) electrons. The van der Waals surface area contributed by atoms with Crippen LogP contribution in [0.2, 0.25) is 5.02 Å². The van der Waals surface area contributed by atoms with E-state index in [0.717, 1.165) is 30.7 Å². The Labute approximate surface area is 201 Å². The van der Waals surface area contributed by atoms with Gasteiger partial charge in [-0.3, -0.25) is 9.69 Å². The Kier molecular flexibility index (Phi) is 8.36. The highest BCUT2D eigenvalue weighted by Gasteiger charge is 2.26. The quantitative estimate of drug-likeness (QED) is 0.437. The Morgan fingerprint density at radius 3 is 3.00 bits per heavy atom. The highest BCUT2D eigenvalue weighted by atomic mass is 35.5. The summed E-state index contributed by atoms with van der Waals surface area (Å²) < 4.78 is 19.1. The van der Waals surface area contributed by atoms with E-state index in [1.165, 1.54) is 6.07 Å². The van der Waals surface area contributed by atoms with Crippen molar-refractivity contribution in [2.24, 2.45) is 5.92 Å². The zero-order valence-corrected chi connectivity index (χ0v) is 19.7. The van der Waals surface area contributed by atoms with E-state index in [2.05, 4.69) is 20.4 Å². The summed E-state index contributed by atoms with van der Waals surface area (Å²) in [5.41, 5.74) is 1.50. The number of carbonyl (C=O) groups is 1. The molecule has 33 heavy (non-hydrogen) atoms. The standard InChI is InChI=1S/C24H26ClFN4O2S/c25-20-8-3-6-17(13-20)23-28-22(32-29-23)15-30-11-4-7-18(14-30)24(31)27-10-12-33-16-19-5-1-2-9-21(19)26/h1-3,5-6,8-9,13,18H,4,7,10-12,14-16H2,(H,27,31). The number of likely N-dealkylation sites (tertiary alicyclic amines) is 1. The number of rotatable bonds is 9. The summed E-state index contributed by atoms with van der Waals surface area (Å²) in [7, 11) is 0. The number of nitrogens with zero attached hydrogens (tertiary/aromatic N) is 3. The minimum absolute atomic E-state index is 0.0642. The summed E-state index contributed by atoms with van der Waals surface area (Å²) in [4.78, 5) is 19.3. The van der Waals surface area contributed by atoms with E-state index >= 15 is 0 Å². The van der Waals surface area contributed by atoms with Crippen LogP contribution in [-0.4, -0.2) is 46.3 Å². The van der Waals surface area contributed by atoms with Crippen molar-refractivity contribution in [2.75, 3.05) is 25.4 Å². The van der Waals surface area contributed by atoms with Crippen molar-refractivity contribution < 1.29 is 13.7 Å². The van der Waals surface area contributed by atoms with Crippen LogP contribution in [-0.2, 0) is 17.1 Å². The van der Waals surface area contributed by atoms with Crippen LogP contribution in [0.5, 0.6) is 0 Å². The van der Waals surface area contributed by atoms with Gasteiger partial charge in [0.05, 0.1) is 12.5 Å². The predicted molar refractivity (Wildman–Crippen MR) is 128 cm³/mol. The topological polar surface area (TPSA) is 71.3 Å². The summed E-state index contributed by atoms with van der Waals surface area (Å²) in [5.74, 6) is 2.19. The van der Waals surface area contributed by atoms with Crippen LogP contribution in [0.15, 0.2) is 53.1 Å². The molecular weight excluding hydrogens is 463 g/mol. The Hall–Kier alpha value is -2.42. The van der Waals surface area contributed by atoms with E-state index in [9.17, 15) is 9.18 Å². The van der Waals surface area contributed by atoms with Crippen molar-refractivity contribution in [3.05, 3.63) is 70.8 Å². The van der Waals surface area contributed by atoms with Crippen molar-refractivity contribution in [3.63, 3.8) is 0 Å². The first-order chi connectivity index (χ1) is 16.1. The minimum Gasteiger partial charge on any atom is -0.355 e. The summed E-state index contributed by atoms with van der Waals surface area (Å²) in [6, 6.07) is 14.1. The van der Waals surface area contributed by atoms with Gasteiger partial charge in [-0.15, -0.1) is 0 Å². The molecule has 1 amide bonds. The van der Waals surface area contributed by atoms with Gasteiger partial charge in [0.15, 0.2) is 0 Å². The van der Waals surface area contributed by atoms with Gasteiger partial charge in [0.1, 0.15) is 5.82 Å². The minimum atomic E-state index is -0.183. The van der Waals surface area contributed by atoms with Crippen LogP contribution >= 0.6 is 23.4 Å². The molecule has 9 heteroatoms. The normalized spacial score (nSPS) is 16.6. The third-order valence-corrected chi connectivity index (χ3v) is 6.79. The van der Waals surface area contributed by atoms with Crippen molar-refractivity contribution in [1.29, 1.82) is 0 Å². The Morgan fingerprint density at radius 2 is 2.15 bits per heavy atom. The van der Waals surface area contributed by atoms with Gasteiger partial charge in [-0.05, 0) is 43.1 Å².